The molecule has 0 amide bonds. The Hall–Kier alpha value is -1.50. The highest BCUT2D eigenvalue weighted by atomic mass is 16.5. The smallest absolute Gasteiger partial charge is 0.119 e. The van der Waals surface area contributed by atoms with Crippen molar-refractivity contribution in [1.82, 2.24) is 0 Å². The van der Waals surface area contributed by atoms with Crippen LogP contribution in [0.15, 0.2) is 48.1 Å². The molecule has 0 aromatic heterocycles. The summed E-state index contributed by atoms with van der Waals surface area (Å²) < 4.78 is 5.77. The average Bonchev–Trinajstić information content (AvgIpc) is 3.12. The van der Waals surface area contributed by atoms with Crippen LogP contribution in [-0.4, -0.2) is 6.61 Å². The van der Waals surface area contributed by atoms with Gasteiger partial charge in [0.1, 0.15) is 5.75 Å². The highest BCUT2D eigenvalue weighted by Gasteiger charge is 2.38. The van der Waals surface area contributed by atoms with E-state index in [0.29, 0.717) is 0 Å². The Morgan fingerprint density at radius 1 is 1.24 bits per heavy atom. The van der Waals surface area contributed by atoms with Gasteiger partial charge >= 0.3 is 0 Å². The minimum absolute atomic E-state index is 0.798. The van der Waals surface area contributed by atoms with Crippen molar-refractivity contribution in [3.05, 3.63) is 53.6 Å². The first-order valence-electron chi connectivity index (χ1n) is 6.39. The van der Waals surface area contributed by atoms with Crippen LogP contribution in [0.2, 0.25) is 0 Å². The third-order valence-electron chi connectivity index (χ3n) is 3.67. The topological polar surface area (TPSA) is 9.23 Å². The van der Waals surface area contributed by atoms with Gasteiger partial charge in [0.25, 0.3) is 0 Å². The lowest BCUT2D eigenvalue weighted by atomic mass is 10.0. The van der Waals surface area contributed by atoms with E-state index in [2.05, 4.69) is 37.3 Å². The molecule has 2 unspecified atom stereocenters. The third-order valence-corrected chi connectivity index (χ3v) is 3.67. The molecular formula is C16H18O. The quantitative estimate of drug-likeness (QED) is 0.756. The molecule has 2 aliphatic rings. The molecule has 0 N–H and O–H groups in total. The van der Waals surface area contributed by atoms with E-state index in [9.17, 15) is 0 Å². The molecule has 1 aromatic rings. The molecule has 2 aliphatic carbocycles. The van der Waals surface area contributed by atoms with Crippen LogP contribution in [0.5, 0.6) is 5.75 Å². The van der Waals surface area contributed by atoms with Crippen LogP contribution in [0, 0.1) is 18.8 Å². The summed E-state index contributed by atoms with van der Waals surface area (Å²) >= 11 is 0. The van der Waals surface area contributed by atoms with Gasteiger partial charge in [0.05, 0.1) is 6.61 Å². The average molecular weight is 226 g/mol. The minimum atomic E-state index is 0.798. The van der Waals surface area contributed by atoms with Gasteiger partial charge in [-0.2, -0.15) is 0 Å². The van der Waals surface area contributed by atoms with Gasteiger partial charge in [-0.25, -0.2) is 0 Å². The fourth-order valence-corrected chi connectivity index (χ4v) is 2.49. The largest absolute Gasteiger partial charge is 0.493 e. The van der Waals surface area contributed by atoms with E-state index in [1.54, 1.807) is 5.57 Å². The minimum Gasteiger partial charge on any atom is -0.493 e. The van der Waals surface area contributed by atoms with Gasteiger partial charge in [-0.3, -0.25) is 0 Å². The molecule has 1 aromatic carbocycles. The first-order chi connectivity index (χ1) is 8.33. The SMILES string of the molecule is Cc1ccc(OCCC2=CC=CC3CC23)cc1. The molecule has 0 bridgehead atoms. The summed E-state index contributed by atoms with van der Waals surface area (Å²) in [5.74, 6) is 2.66. The number of fused-ring (bicyclic) bond motifs is 1. The molecule has 0 saturated heterocycles. The standard InChI is InChI=1S/C16H18O/c1-12-5-7-15(8-6-12)17-10-9-13-3-2-4-14-11-16(13)14/h2-8,14,16H,9-11H2,1H3. The Bertz CT molecular complexity index is 453. The van der Waals surface area contributed by atoms with Crippen molar-refractivity contribution < 1.29 is 4.74 Å². The molecule has 17 heavy (non-hydrogen) atoms. The van der Waals surface area contributed by atoms with Gasteiger partial charge < -0.3 is 4.74 Å². The Labute approximate surface area is 103 Å². The summed E-state index contributed by atoms with van der Waals surface area (Å²) in [6.45, 7) is 2.89. The maximum atomic E-state index is 5.77. The van der Waals surface area contributed by atoms with Gasteiger partial charge in [-0.1, -0.05) is 41.5 Å². The van der Waals surface area contributed by atoms with Gasteiger partial charge in [0.15, 0.2) is 0 Å². The molecule has 2 atom stereocenters. The zero-order valence-corrected chi connectivity index (χ0v) is 10.2. The van der Waals surface area contributed by atoms with Crippen molar-refractivity contribution >= 4 is 0 Å². The second kappa shape index (κ2) is 4.40. The molecule has 0 spiro atoms. The predicted molar refractivity (Wildman–Crippen MR) is 70.1 cm³/mol. The molecule has 3 rings (SSSR count). The maximum absolute atomic E-state index is 5.77. The Balaban J connectivity index is 1.50. The maximum Gasteiger partial charge on any atom is 0.119 e. The summed E-state index contributed by atoms with van der Waals surface area (Å²) in [6, 6.07) is 8.28. The van der Waals surface area contributed by atoms with Crippen LogP contribution in [0.25, 0.3) is 0 Å². The van der Waals surface area contributed by atoms with Crippen molar-refractivity contribution in [1.29, 1.82) is 0 Å². The van der Waals surface area contributed by atoms with Crippen LogP contribution in [-0.2, 0) is 0 Å². The van der Waals surface area contributed by atoms with E-state index in [1.807, 2.05) is 12.1 Å². The molecule has 88 valence electrons. The molecular weight excluding hydrogens is 208 g/mol. The van der Waals surface area contributed by atoms with Crippen molar-refractivity contribution in [2.45, 2.75) is 19.8 Å². The van der Waals surface area contributed by atoms with E-state index in [1.165, 1.54) is 12.0 Å². The number of aryl methyl sites for hydroxylation is 1. The molecule has 1 fully saturated rings. The van der Waals surface area contributed by atoms with Crippen LogP contribution >= 0.6 is 0 Å². The van der Waals surface area contributed by atoms with Gasteiger partial charge in [-0.05, 0) is 37.3 Å². The lowest BCUT2D eigenvalue weighted by Gasteiger charge is -2.10. The summed E-state index contributed by atoms with van der Waals surface area (Å²) in [4.78, 5) is 0. The predicted octanol–water partition coefficient (Wildman–Crippen LogP) is 3.90. The monoisotopic (exact) mass is 226 g/mol. The van der Waals surface area contributed by atoms with Crippen LogP contribution in [0.1, 0.15) is 18.4 Å². The number of ether oxygens (including phenoxy) is 1. The summed E-state index contributed by atoms with van der Waals surface area (Å²) in [5.41, 5.74) is 2.85. The fraction of sp³-hybridized carbons (Fsp3) is 0.375. The number of hydrogen-bond acceptors (Lipinski definition) is 1. The van der Waals surface area contributed by atoms with Crippen molar-refractivity contribution in [3.63, 3.8) is 0 Å². The van der Waals surface area contributed by atoms with E-state index < -0.39 is 0 Å². The van der Waals surface area contributed by atoms with Crippen molar-refractivity contribution in [2.24, 2.45) is 11.8 Å². The zero-order valence-electron chi connectivity index (χ0n) is 10.2. The van der Waals surface area contributed by atoms with Crippen LogP contribution in [0.3, 0.4) is 0 Å². The normalized spacial score (nSPS) is 25.1. The van der Waals surface area contributed by atoms with Crippen LogP contribution in [0.4, 0.5) is 0 Å². The zero-order chi connectivity index (χ0) is 11.7. The molecule has 0 heterocycles. The first-order valence-corrected chi connectivity index (χ1v) is 6.39. The summed E-state index contributed by atoms with van der Waals surface area (Å²) in [7, 11) is 0. The lowest BCUT2D eigenvalue weighted by molar-refractivity contribution is 0.319. The van der Waals surface area contributed by atoms with E-state index in [-0.39, 0.29) is 0 Å². The van der Waals surface area contributed by atoms with Gasteiger partial charge in [-0.15, -0.1) is 0 Å². The highest BCUT2D eigenvalue weighted by Crippen LogP contribution is 2.48. The third kappa shape index (κ3) is 2.44. The first kappa shape index (κ1) is 10.6. The number of allylic oxidation sites excluding steroid dienone is 3. The number of rotatable bonds is 4. The van der Waals surface area contributed by atoms with E-state index in [4.69, 9.17) is 4.74 Å². The molecule has 1 saturated carbocycles. The van der Waals surface area contributed by atoms with Crippen LogP contribution < -0.4 is 4.74 Å². The molecule has 0 aliphatic heterocycles. The Morgan fingerprint density at radius 3 is 2.88 bits per heavy atom. The van der Waals surface area contributed by atoms with Gasteiger partial charge in [0.2, 0.25) is 0 Å². The van der Waals surface area contributed by atoms with Crippen molar-refractivity contribution in [2.75, 3.05) is 6.61 Å². The van der Waals surface area contributed by atoms with E-state index in [0.717, 1.165) is 30.6 Å². The fourth-order valence-electron chi connectivity index (χ4n) is 2.49. The number of benzene rings is 1. The Kier molecular flexibility index (Phi) is 2.76. The van der Waals surface area contributed by atoms with E-state index >= 15 is 0 Å². The second-order valence-electron chi connectivity index (χ2n) is 5.04. The lowest BCUT2D eigenvalue weighted by Crippen LogP contribution is -2.02. The molecule has 1 nitrogen and oxygen atoms in total. The Morgan fingerprint density at radius 2 is 2.06 bits per heavy atom. The van der Waals surface area contributed by atoms with Gasteiger partial charge in [0, 0.05) is 6.42 Å². The highest BCUT2D eigenvalue weighted by molar-refractivity contribution is 5.30. The molecule has 0 radical (unpaired) electrons. The second-order valence-corrected chi connectivity index (χ2v) is 5.04. The number of hydrogen-bond donors (Lipinski definition) is 0. The summed E-state index contributed by atoms with van der Waals surface area (Å²) in [5, 5.41) is 0. The summed E-state index contributed by atoms with van der Waals surface area (Å²) in [6.07, 6.45) is 9.23. The molecule has 1 heteroatoms. The van der Waals surface area contributed by atoms with Crippen molar-refractivity contribution in [3.8, 4) is 5.75 Å².